The molecular weight excluding hydrogens is 497 g/mol. The molecule has 0 aromatic heterocycles. The molecule has 0 saturated heterocycles. The van der Waals surface area contributed by atoms with Crippen LogP contribution in [-0.2, 0) is 27.5 Å². The molecule has 0 radical (unpaired) electrons. The van der Waals surface area contributed by atoms with Gasteiger partial charge in [0, 0.05) is 31.8 Å². The molecule has 0 aliphatic heterocycles. The summed E-state index contributed by atoms with van der Waals surface area (Å²) in [7, 11) is -1.23. The number of rotatable bonds is 7. The lowest BCUT2D eigenvalue weighted by atomic mass is 9.64. The molecule has 0 amide bonds. The number of hydrogen-bond acceptors (Lipinski definition) is 3. The molecule has 0 bridgehead atoms. The summed E-state index contributed by atoms with van der Waals surface area (Å²) in [4.78, 5) is 4.34. The van der Waals surface area contributed by atoms with E-state index in [0.717, 1.165) is 23.6 Å². The Morgan fingerprint density at radius 1 is 1.00 bits per heavy atom. The van der Waals surface area contributed by atoms with Crippen molar-refractivity contribution in [3.05, 3.63) is 71.3 Å². The highest BCUT2D eigenvalue weighted by Gasteiger charge is 2.38. The average molecular weight is 527 g/mol. The first-order valence-corrected chi connectivity index (χ1v) is 11.7. The van der Waals surface area contributed by atoms with Gasteiger partial charge in [-0.2, -0.15) is 0 Å². The number of guanidine groups is 1. The van der Waals surface area contributed by atoms with E-state index >= 15 is 0 Å². The van der Waals surface area contributed by atoms with Crippen LogP contribution in [0.1, 0.15) is 36.0 Å². The highest BCUT2D eigenvalue weighted by Crippen LogP contribution is 2.43. The number of benzene rings is 2. The van der Waals surface area contributed by atoms with Gasteiger partial charge < -0.3 is 10.6 Å². The lowest BCUT2D eigenvalue weighted by Gasteiger charge is -2.43. The third-order valence-corrected chi connectivity index (χ3v) is 6.28. The molecule has 1 fully saturated rings. The molecule has 1 aliphatic rings. The van der Waals surface area contributed by atoms with Gasteiger partial charge in [0.1, 0.15) is 0 Å². The van der Waals surface area contributed by atoms with Crippen molar-refractivity contribution in [3.63, 3.8) is 0 Å². The van der Waals surface area contributed by atoms with Crippen LogP contribution >= 0.6 is 24.0 Å². The van der Waals surface area contributed by atoms with Crippen LogP contribution in [0.2, 0.25) is 0 Å². The average Bonchev–Trinajstić information content (AvgIpc) is 2.64. The molecule has 0 unspecified atom stereocenters. The van der Waals surface area contributed by atoms with E-state index in [9.17, 15) is 8.42 Å². The molecule has 29 heavy (non-hydrogen) atoms. The van der Waals surface area contributed by atoms with E-state index in [4.69, 9.17) is 0 Å². The van der Waals surface area contributed by atoms with Crippen molar-refractivity contribution in [3.8, 4) is 0 Å². The number of halogens is 1. The van der Waals surface area contributed by atoms with E-state index < -0.39 is 9.84 Å². The van der Waals surface area contributed by atoms with Crippen molar-refractivity contribution < 1.29 is 8.42 Å². The molecule has 1 saturated carbocycles. The highest BCUT2D eigenvalue weighted by molar-refractivity contribution is 14.0. The number of sulfone groups is 1. The van der Waals surface area contributed by atoms with Gasteiger partial charge in [0.15, 0.2) is 15.8 Å². The molecule has 7 heteroatoms. The maximum absolute atomic E-state index is 11.4. The fraction of sp³-hybridized carbons (Fsp3) is 0.409. The van der Waals surface area contributed by atoms with Gasteiger partial charge >= 0.3 is 0 Å². The lowest BCUT2D eigenvalue weighted by molar-refractivity contribution is 0.244. The second-order valence-corrected chi connectivity index (χ2v) is 9.81. The van der Waals surface area contributed by atoms with Crippen molar-refractivity contribution >= 4 is 39.8 Å². The zero-order chi connectivity index (χ0) is 20.0. The molecule has 0 spiro atoms. The SMILES string of the molecule is CN=C(NCc1ccc(CS(C)(=O)=O)cc1)NCC1(c2ccccc2)CCC1.I. The summed E-state index contributed by atoms with van der Waals surface area (Å²) in [6.07, 6.45) is 4.91. The molecule has 0 heterocycles. The molecule has 0 atom stereocenters. The van der Waals surface area contributed by atoms with Gasteiger partial charge in [-0.3, -0.25) is 4.99 Å². The Bertz CT molecular complexity index is 909. The van der Waals surface area contributed by atoms with Gasteiger partial charge in [-0.1, -0.05) is 61.0 Å². The van der Waals surface area contributed by atoms with Gasteiger partial charge in [0.05, 0.1) is 5.75 Å². The van der Waals surface area contributed by atoms with E-state index in [1.54, 1.807) is 7.05 Å². The fourth-order valence-corrected chi connectivity index (χ4v) is 4.48. The quantitative estimate of drug-likeness (QED) is 0.328. The Hall–Kier alpha value is -1.61. The second kappa shape index (κ2) is 10.4. The van der Waals surface area contributed by atoms with Crippen LogP contribution in [0.5, 0.6) is 0 Å². The monoisotopic (exact) mass is 527 g/mol. The van der Waals surface area contributed by atoms with Crippen LogP contribution in [0.15, 0.2) is 59.6 Å². The fourth-order valence-electron chi connectivity index (χ4n) is 3.68. The Morgan fingerprint density at radius 2 is 1.62 bits per heavy atom. The predicted octanol–water partition coefficient (Wildman–Crippen LogP) is 3.64. The zero-order valence-electron chi connectivity index (χ0n) is 17.0. The molecule has 2 N–H and O–H groups in total. The standard InChI is InChI=1S/C22H29N3O2S.HI/c1-23-21(24-15-18-9-11-19(12-10-18)16-28(2,26)27)25-17-22(13-6-14-22)20-7-4-3-5-8-20;/h3-5,7-12H,6,13-17H2,1-2H3,(H2,23,24,25);1H. The summed E-state index contributed by atoms with van der Waals surface area (Å²) < 4.78 is 22.8. The molecule has 2 aromatic rings. The van der Waals surface area contributed by atoms with E-state index in [-0.39, 0.29) is 35.1 Å². The molecular formula is C22H30IN3O2S. The summed E-state index contributed by atoms with van der Waals surface area (Å²) >= 11 is 0. The lowest BCUT2D eigenvalue weighted by Crippen LogP contribution is -2.48. The summed E-state index contributed by atoms with van der Waals surface area (Å²) in [6.45, 7) is 1.50. The van der Waals surface area contributed by atoms with Crippen molar-refractivity contribution in [2.75, 3.05) is 19.8 Å². The van der Waals surface area contributed by atoms with E-state index in [1.807, 2.05) is 24.3 Å². The van der Waals surface area contributed by atoms with Crippen LogP contribution in [0.25, 0.3) is 0 Å². The maximum atomic E-state index is 11.4. The van der Waals surface area contributed by atoms with Crippen molar-refractivity contribution in [2.45, 2.75) is 37.0 Å². The normalized spacial score (nSPS) is 15.7. The smallest absolute Gasteiger partial charge is 0.191 e. The Balaban J connectivity index is 0.00000300. The summed E-state index contributed by atoms with van der Waals surface area (Å²) in [5.74, 6) is 0.855. The first-order chi connectivity index (χ1) is 13.4. The van der Waals surface area contributed by atoms with E-state index in [1.165, 1.54) is 31.1 Å². The Morgan fingerprint density at radius 3 is 2.14 bits per heavy atom. The van der Waals surface area contributed by atoms with Crippen LogP contribution in [0.3, 0.4) is 0 Å². The van der Waals surface area contributed by atoms with Gasteiger partial charge in [-0.15, -0.1) is 24.0 Å². The molecule has 5 nitrogen and oxygen atoms in total. The Kier molecular flexibility index (Phi) is 8.51. The summed E-state index contributed by atoms with van der Waals surface area (Å²) in [5.41, 5.74) is 3.49. The van der Waals surface area contributed by atoms with Gasteiger partial charge in [0.25, 0.3) is 0 Å². The van der Waals surface area contributed by atoms with E-state index in [2.05, 4.69) is 46.0 Å². The molecule has 158 valence electrons. The molecule has 3 rings (SSSR count). The first-order valence-electron chi connectivity index (χ1n) is 9.66. The van der Waals surface area contributed by atoms with Gasteiger partial charge in [-0.25, -0.2) is 8.42 Å². The third kappa shape index (κ3) is 6.70. The van der Waals surface area contributed by atoms with Crippen LogP contribution in [0.4, 0.5) is 0 Å². The summed E-state index contributed by atoms with van der Waals surface area (Å²) in [5, 5.41) is 6.83. The number of nitrogens with zero attached hydrogens (tertiary/aromatic N) is 1. The van der Waals surface area contributed by atoms with Crippen molar-refractivity contribution in [1.82, 2.24) is 10.6 Å². The summed E-state index contributed by atoms with van der Waals surface area (Å²) in [6, 6.07) is 18.4. The largest absolute Gasteiger partial charge is 0.356 e. The van der Waals surface area contributed by atoms with E-state index in [0.29, 0.717) is 6.54 Å². The third-order valence-electron chi connectivity index (χ3n) is 5.43. The minimum absolute atomic E-state index is 0. The molecule has 1 aliphatic carbocycles. The maximum Gasteiger partial charge on any atom is 0.191 e. The Labute approximate surface area is 191 Å². The van der Waals surface area contributed by atoms with Crippen LogP contribution < -0.4 is 10.6 Å². The highest BCUT2D eigenvalue weighted by atomic mass is 127. The minimum atomic E-state index is -3.01. The van der Waals surface area contributed by atoms with Crippen molar-refractivity contribution in [2.24, 2.45) is 4.99 Å². The first kappa shape index (κ1) is 23.7. The topological polar surface area (TPSA) is 70.6 Å². The number of hydrogen-bond donors (Lipinski definition) is 2. The number of nitrogens with one attached hydrogen (secondary N) is 2. The number of aliphatic imine (C=N–C) groups is 1. The zero-order valence-corrected chi connectivity index (χ0v) is 20.2. The van der Waals surface area contributed by atoms with Crippen LogP contribution in [0, 0.1) is 0 Å². The van der Waals surface area contributed by atoms with Gasteiger partial charge in [0.2, 0.25) is 0 Å². The minimum Gasteiger partial charge on any atom is -0.356 e. The van der Waals surface area contributed by atoms with Gasteiger partial charge in [-0.05, 0) is 29.5 Å². The second-order valence-electron chi connectivity index (χ2n) is 7.67. The predicted molar refractivity (Wildman–Crippen MR) is 131 cm³/mol. The van der Waals surface area contributed by atoms with Crippen LogP contribution in [-0.4, -0.2) is 34.2 Å². The molecule has 2 aromatic carbocycles. The van der Waals surface area contributed by atoms with Crippen molar-refractivity contribution in [1.29, 1.82) is 0 Å².